The maximum Gasteiger partial charge on any atom is 0.263 e. The maximum atomic E-state index is 13.5. The van der Waals surface area contributed by atoms with Crippen molar-refractivity contribution in [1.29, 1.82) is 0 Å². The summed E-state index contributed by atoms with van der Waals surface area (Å²) in [5.41, 5.74) is 0.840. The molecule has 1 unspecified atom stereocenters. The lowest BCUT2D eigenvalue weighted by atomic mass is 10.1. The minimum atomic E-state index is -0.960. The van der Waals surface area contributed by atoms with Crippen LogP contribution < -0.4 is 5.32 Å². The van der Waals surface area contributed by atoms with Crippen molar-refractivity contribution in [3.05, 3.63) is 51.0 Å². The van der Waals surface area contributed by atoms with Crippen molar-refractivity contribution in [3.8, 4) is 0 Å². The van der Waals surface area contributed by atoms with E-state index in [-0.39, 0.29) is 24.4 Å². The van der Waals surface area contributed by atoms with Gasteiger partial charge < -0.3 is 10.4 Å². The summed E-state index contributed by atoms with van der Waals surface area (Å²) in [6.07, 6.45) is -0.967. The summed E-state index contributed by atoms with van der Waals surface area (Å²) in [5, 5.41) is 13.3. The van der Waals surface area contributed by atoms with Crippen molar-refractivity contribution in [1.82, 2.24) is 10.3 Å². The van der Waals surface area contributed by atoms with Gasteiger partial charge in [0, 0.05) is 19.0 Å². The highest BCUT2D eigenvalue weighted by atomic mass is 32.1. The summed E-state index contributed by atoms with van der Waals surface area (Å²) in [5.74, 6) is -1.69. The largest absolute Gasteiger partial charge is 0.391 e. The molecule has 0 spiro atoms. The van der Waals surface area contributed by atoms with E-state index in [9.17, 15) is 18.7 Å². The summed E-state index contributed by atoms with van der Waals surface area (Å²) in [6, 6.07) is 3.18. The minimum absolute atomic E-state index is 0.00685. The number of nitrogens with one attached hydrogen (secondary N) is 1. The molecule has 0 radical (unpaired) electrons. The van der Waals surface area contributed by atoms with E-state index in [4.69, 9.17) is 0 Å². The molecular formula is C15H16F2N2O2S. The summed E-state index contributed by atoms with van der Waals surface area (Å²) >= 11 is 1.28. The molecule has 0 saturated carbocycles. The van der Waals surface area contributed by atoms with Crippen LogP contribution in [-0.2, 0) is 6.42 Å². The lowest BCUT2D eigenvalue weighted by molar-refractivity contribution is 0.0919. The van der Waals surface area contributed by atoms with Crippen molar-refractivity contribution in [2.45, 2.75) is 26.4 Å². The van der Waals surface area contributed by atoms with Crippen molar-refractivity contribution in [2.75, 3.05) is 6.54 Å². The van der Waals surface area contributed by atoms with Gasteiger partial charge >= 0.3 is 0 Å². The van der Waals surface area contributed by atoms with Gasteiger partial charge in [0.2, 0.25) is 0 Å². The number of aliphatic hydroxyl groups is 1. The van der Waals surface area contributed by atoms with Crippen LogP contribution in [0, 0.1) is 25.5 Å². The summed E-state index contributed by atoms with van der Waals surface area (Å²) < 4.78 is 26.3. The Morgan fingerprint density at radius 3 is 2.73 bits per heavy atom. The lowest BCUT2D eigenvalue weighted by Gasteiger charge is -2.12. The number of rotatable bonds is 5. The van der Waals surface area contributed by atoms with E-state index in [0.717, 1.165) is 17.1 Å². The van der Waals surface area contributed by atoms with Crippen molar-refractivity contribution in [3.63, 3.8) is 0 Å². The van der Waals surface area contributed by atoms with Gasteiger partial charge in [-0.2, -0.15) is 0 Å². The first-order valence-corrected chi connectivity index (χ1v) is 7.52. The van der Waals surface area contributed by atoms with Crippen molar-refractivity contribution >= 4 is 17.2 Å². The number of aryl methyl sites for hydroxylation is 2. The number of carbonyl (C=O) groups excluding carboxylic acids is 1. The van der Waals surface area contributed by atoms with Gasteiger partial charge in [0.15, 0.2) is 0 Å². The molecule has 2 rings (SSSR count). The molecule has 1 atom stereocenters. The van der Waals surface area contributed by atoms with Gasteiger partial charge in [-0.05, 0) is 25.5 Å². The van der Waals surface area contributed by atoms with Gasteiger partial charge in [0.05, 0.1) is 16.8 Å². The molecule has 1 aromatic heterocycles. The number of amides is 1. The number of hydrogen-bond donors (Lipinski definition) is 2. The van der Waals surface area contributed by atoms with Crippen LogP contribution in [0.2, 0.25) is 0 Å². The van der Waals surface area contributed by atoms with E-state index < -0.39 is 17.7 Å². The molecule has 2 N–H and O–H groups in total. The fraction of sp³-hybridized carbons (Fsp3) is 0.333. The molecule has 0 aliphatic heterocycles. The number of benzene rings is 1. The van der Waals surface area contributed by atoms with Crippen LogP contribution in [0.1, 0.15) is 25.9 Å². The number of nitrogens with zero attached hydrogens (tertiary/aromatic N) is 1. The molecule has 1 heterocycles. The number of aliphatic hydroxyl groups excluding tert-OH is 1. The molecule has 118 valence electrons. The quantitative estimate of drug-likeness (QED) is 0.887. The average molecular weight is 326 g/mol. The Kier molecular flexibility index (Phi) is 5.20. The first-order valence-electron chi connectivity index (χ1n) is 6.71. The summed E-state index contributed by atoms with van der Waals surface area (Å²) in [6.45, 7) is 3.52. The number of aromatic nitrogens is 1. The van der Waals surface area contributed by atoms with Gasteiger partial charge in [0.1, 0.15) is 16.5 Å². The smallest absolute Gasteiger partial charge is 0.263 e. The van der Waals surface area contributed by atoms with Crippen LogP contribution in [0.5, 0.6) is 0 Å². The molecule has 0 bridgehead atoms. The van der Waals surface area contributed by atoms with E-state index in [1.165, 1.54) is 17.4 Å². The predicted molar refractivity (Wildman–Crippen MR) is 80.0 cm³/mol. The normalized spacial score (nSPS) is 12.2. The Hall–Kier alpha value is -1.86. The van der Waals surface area contributed by atoms with Crippen molar-refractivity contribution < 1.29 is 18.7 Å². The third kappa shape index (κ3) is 4.08. The molecule has 4 nitrogen and oxygen atoms in total. The van der Waals surface area contributed by atoms with E-state index in [1.807, 2.05) is 0 Å². The molecule has 0 saturated heterocycles. The Balaban J connectivity index is 1.91. The van der Waals surface area contributed by atoms with Crippen molar-refractivity contribution in [2.24, 2.45) is 0 Å². The fourth-order valence-corrected chi connectivity index (χ4v) is 2.88. The molecule has 0 aliphatic carbocycles. The van der Waals surface area contributed by atoms with Gasteiger partial charge in [-0.15, -0.1) is 11.3 Å². The molecular weight excluding hydrogens is 310 g/mol. The second-order valence-electron chi connectivity index (χ2n) is 4.95. The molecule has 0 aliphatic rings. The zero-order chi connectivity index (χ0) is 16.3. The molecule has 1 aromatic carbocycles. The molecule has 7 heteroatoms. The fourth-order valence-electron chi connectivity index (χ4n) is 2.05. The Bertz CT molecular complexity index is 688. The second kappa shape index (κ2) is 6.93. The van der Waals surface area contributed by atoms with Crippen LogP contribution in [0.15, 0.2) is 18.2 Å². The molecule has 22 heavy (non-hydrogen) atoms. The van der Waals surface area contributed by atoms with Gasteiger partial charge in [-0.1, -0.05) is 6.07 Å². The SMILES string of the molecule is Cc1nc(C)c(C(=O)NCC(O)Cc2ccc(F)cc2F)s1. The highest BCUT2D eigenvalue weighted by molar-refractivity contribution is 7.13. The minimum Gasteiger partial charge on any atom is -0.391 e. The first-order chi connectivity index (χ1) is 10.4. The summed E-state index contributed by atoms with van der Waals surface area (Å²) in [7, 11) is 0. The van der Waals surface area contributed by atoms with Gasteiger partial charge in [0.25, 0.3) is 5.91 Å². The second-order valence-corrected chi connectivity index (χ2v) is 6.15. The van der Waals surface area contributed by atoms with E-state index >= 15 is 0 Å². The van der Waals surface area contributed by atoms with E-state index in [2.05, 4.69) is 10.3 Å². The standard InChI is InChI=1S/C15H16F2N2O2S/c1-8-14(22-9(2)19-8)15(21)18-7-12(20)5-10-3-4-11(16)6-13(10)17/h3-4,6,12,20H,5,7H2,1-2H3,(H,18,21). The van der Waals surface area contributed by atoms with E-state index in [1.54, 1.807) is 13.8 Å². The number of thiazole rings is 1. The topological polar surface area (TPSA) is 62.2 Å². The maximum absolute atomic E-state index is 13.5. The van der Waals surface area contributed by atoms with Gasteiger partial charge in [-0.3, -0.25) is 4.79 Å². The third-order valence-corrected chi connectivity index (χ3v) is 4.15. The zero-order valence-electron chi connectivity index (χ0n) is 12.2. The van der Waals surface area contributed by atoms with Crippen LogP contribution >= 0.6 is 11.3 Å². The highest BCUT2D eigenvalue weighted by Crippen LogP contribution is 2.17. The predicted octanol–water partition coefficient (Wildman–Crippen LogP) is 2.37. The third-order valence-electron chi connectivity index (χ3n) is 3.08. The average Bonchev–Trinajstić information content (AvgIpc) is 2.78. The Morgan fingerprint density at radius 2 is 2.14 bits per heavy atom. The van der Waals surface area contributed by atoms with Crippen LogP contribution in [0.3, 0.4) is 0 Å². The summed E-state index contributed by atoms with van der Waals surface area (Å²) in [4.78, 5) is 16.6. The Labute approximate surface area is 130 Å². The first kappa shape index (κ1) is 16.5. The van der Waals surface area contributed by atoms with Crippen LogP contribution in [0.4, 0.5) is 8.78 Å². The number of carbonyl (C=O) groups is 1. The van der Waals surface area contributed by atoms with Gasteiger partial charge in [-0.25, -0.2) is 13.8 Å². The van der Waals surface area contributed by atoms with E-state index in [0.29, 0.717) is 10.6 Å². The van der Waals surface area contributed by atoms with Crippen LogP contribution in [-0.4, -0.2) is 28.6 Å². The molecule has 0 fully saturated rings. The molecule has 2 aromatic rings. The Morgan fingerprint density at radius 1 is 1.41 bits per heavy atom. The van der Waals surface area contributed by atoms with Crippen LogP contribution in [0.25, 0.3) is 0 Å². The monoisotopic (exact) mass is 326 g/mol. The number of halogens is 2. The lowest BCUT2D eigenvalue weighted by Crippen LogP contribution is -2.33. The number of hydrogen-bond acceptors (Lipinski definition) is 4. The highest BCUT2D eigenvalue weighted by Gasteiger charge is 2.16. The zero-order valence-corrected chi connectivity index (χ0v) is 13.0. The molecule has 1 amide bonds.